The number of nitrogens with zero attached hydrogens (tertiary/aromatic N) is 2. The third-order valence-electron chi connectivity index (χ3n) is 5.94. The number of hydrogen-bond acceptors (Lipinski definition) is 6. The average Bonchev–Trinajstić information content (AvgIpc) is 3.78. The number of amides is 1. The lowest BCUT2D eigenvalue weighted by atomic mass is 10.1. The number of aromatic nitrogens is 2. The van der Waals surface area contributed by atoms with E-state index in [2.05, 4.69) is 20.0 Å². The summed E-state index contributed by atoms with van der Waals surface area (Å²) in [5.41, 5.74) is 4.15. The molecule has 0 unspecified atom stereocenters. The van der Waals surface area contributed by atoms with E-state index in [0.29, 0.717) is 48.6 Å². The van der Waals surface area contributed by atoms with Gasteiger partial charge < -0.3 is 10.1 Å². The third-order valence-corrected chi connectivity index (χ3v) is 8.05. The van der Waals surface area contributed by atoms with Crippen LogP contribution in [0.1, 0.15) is 34.3 Å². The van der Waals surface area contributed by atoms with Gasteiger partial charge in [-0.25, -0.2) is 18.4 Å². The van der Waals surface area contributed by atoms with Crippen LogP contribution in [0.25, 0.3) is 11.3 Å². The Kier molecular flexibility index (Phi) is 7.69. The van der Waals surface area contributed by atoms with Gasteiger partial charge in [0, 0.05) is 16.8 Å². The predicted octanol–water partition coefficient (Wildman–Crippen LogP) is 5.67. The van der Waals surface area contributed by atoms with Crippen molar-refractivity contribution in [2.24, 2.45) is 0 Å². The Hall–Kier alpha value is -3.79. The fourth-order valence-corrected chi connectivity index (χ4v) is 5.27. The molecule has 2 N–H and O–H groups in total. The van der Waals surface area contributed by atoms with E-state index in [1.54, 1.807) is 24.3 Å². The molecule has 4 aromatic rings. The highest BCUT2D eigenvalue weighted by atomic mass is 35.5. The zero-order valence-electron chi connectivity index (χ0n) is 20.3. The second-order valence-electron chi connectivity index (χ2n) is 8.95. The Morgan fingerprint density at radius 3 is 2.37 bits per heavy atom. The maximum Gasteiger partial charge on any atom is 0.255 e. The minimum atomic E-state index is -3.55. The summed E-state index contributed by atoms with van der Waals surface area (Å²) in [6.45, 7) is 0.994. The van der Waals surface area contributed by atoms with Crippen molar-refractivity contribution in [1.82, 2.24) is 9.97 Å². The molecule has 0 radical (unpaired) electrons. The molecular formula is C28H25ClN4O4S. The molecule has 0 saturated heterocycles. The van der Waals surface area contributed by atoms with E-state index in [4.69, 9.17) is 16.3 Å². The van der Waals surface area contributed by atoms with E-state index in [-0.39, 0.29) is 16.9 Å². The molecule has 1 aliphatic rings. The molecule has 1 fully saturated rings. The summed E-state index contributed by atoms with van der Waals surface area (Å²) in [7, 11) is -3.55. The number of benzene rings is 3. The molecule has 0 spiro atoms. The van der Waals surface area contributed by atoms with E-state index < -0.39 is 15.3 Å². The van der Waals surface area contributed by atoms with Gasteiger partial charge >= 0.3 is 0 Å². The first-order chi connectivity index (χ1) is 18.4. The highest BCUT2D eigenvalue weighted by Gasteiger charge is 2.36. The summed E-state index contributed by atoms with van der Waals surface area (Å²) < 4.78 is 32.8. The maximum atomic E-state index is 12.9. The molecular weight excluding hydrogens is 524 g/mol. The molecule has 1 saturated carbocycles. The number of carbonyl (C=O) groups is 1. The van der Waals surface area contributed by atoms with E-state index in [9.17, 15) is 13.2 Å². The molecule has 0 atom stereocenters. The summed E-state index contributed by atoms with van der Waals surface area (Å²) in [5, 5.41) is 2.42. The first-order valence-electron chi connectivity index (χ1n) is 12.0. The Balaban J connectivity index is 1.22. The van der Waals surface area contributed by atoms with E-state index >= 15 is 0 Å². The lowest BCUT2D eigenvalue weighted by Crippen LogP contribution is -2.18. The van der Waals surface area contributed by atoms with Crippen LogP contribution < -0.4 is 10.0 Å². The van der Waals surface area contributed by atoms with E-state index in [0.717, 1.165) is 11.1 Å². The summed E-state index contributed by atoms with van der Waals surface area (Å²) in [6, 6.07) is 24.3. The van der Waals surface area contributed by atoms with Crippen molar-refractivity contribution in [2.45, 2.75) is 31.3 Å². The lowest BCUT2D eigenvalue weighted by molar-refractivity contribution is 0.102. The first-order valence-corrected chi connectivity index (χ1v) is 14.0. The van der Waals surface area contributed by atoms with Crippen molar-refractivity contribution < 1.29 is 17.9 Å². The van der Waals surface area contributed by atoms with Crippen LogP contribution in [0.4, 0.5) is 11.5 Å². The third kappa shape index (κ3) is 6.55. The zero-order chi connectivity index (χ0) is 26.5. The van der Waals surface area contributed by atoms with Gasteiger partial charge in [-0.2, -0.15) is 0 Å². The smallest absolute Gasteiger partial charge is 0.255 e. The normalized spacial score (nSPS) is 13.2. The van der Waals surface area contributed by atoms with Crippen molar-refractivity contribution in [1.29, 1.82) is 0 Å². The average molecular weight is 549 g/mol. The number of rotatable bonds is 10. The quantitative estimate of drug-likeness (QED) is 0.264. The molecule has 1 amide bonds. The minimum Gasteiger partial charge on any atom is -0.372 e. The molecule has 10 heteroatoms. The van der Waals surface area contributed by atoms with Gasteiger partial charge in [-0.1, -0.05) is 66.2 Å². The number of nitrogens with one attached hydrogen (secondary N) is 2. The van der Waals surface area contributed by atoms with Gasteiger partial charge in [0.1, 0.15) is 0 Å². The molecule has 8 nitrogen and oxygen atoms in total. The number of hydrogen-bond donors (Lipinski definition) is 2. The molecule has 0 aliphatic heterocycles. The van der Waals surface area contributed by atoms with Crippen LogP contribution in [-0.2, 0) is 28.0 Å². The van der Waals surface area contributed by atoms with Crippen LogP contribution in [0.2, 0.25) is 5.15 Å². The van der Waals surface area contributed by atoms with Gasteiger partial charge in [0.2, 0.25) is 10.0 Å². The summed E-state index contributed by atoms with van der Waals surface area (Å²) in [5.74, 6) is -0.324. The van der Waals surface area contributed by atoms with Gasteiger partial charge in [0.25, 0.3) is 5.91 Å². The van der Waals surface area contributed by atoms with Gasteiger partial charge in [0.15, 0.2) is 11.0 Å². The standard InChI is InChI=1S/C28H25ClN4O4S/c29-26-27(33-38(35,36)24-13-14-24)32-25(16-30-26)21-7-4-8-22(15-21)28(34)31-23-11-9-20(10-12-23)18-37-17-19-5-2-1-3-6-19/h1-12,15-16,24H,13-14,17-18H2,(H,31,34)(H,32,33). The number of ether oxygens (including phenoxy) is 1. The zero-order valence-corrected chi connectivity index (χ0v) is 21.9. The SMILES string of the molecule is O=C(Nc1ccc(COCc2ccccc2)cc1)c1cccc(-c2cnc(Cl)c(NS(=O)(=O)C3CC3)n2)c1. The summed E-state index contributed by atoms with van der Waals surface area (Å²) in [4.78, 5) is 21.3. The highest BCUT2D eigenvalue weighted by molar-refractivity contribution is 7.93. The fraction of sp³-hybridized carbons (Fsp3) is 0.179. The summed E-state index contributed by atoms with van der Waals surface area (Å²) in [6.07, 6.45) is 2.66. The van der Waals surface area contributed by atoms with Crippen molar-refractivity contribution in [3.05, 3.63) is 107 Å². The predicted molar refractivity (Wildman–Crippen MR) is 147 cm³/mol. The van der Waals surface area contributed by atoms with E-state index in [1.165, 1.54) is 6.20 Å². The number of carbonyl (C=O) groups excluding carboxylic acids is 1. The van der Waals surface area contributed by atoms with Gasteiger partial charge in [0.05, 0.1) is 30.4 Å². The minimum absolute atomic E-state index is 0.0289. The van der Waals surface area contributed by atoms with Crippen molar-refractivity contribution >= 4 is 39.0 Å². The summed E-state index contributed by atoms with van der Waals surface area (Å²) >= 11 is 6.08. The monoisotopic (exact) mass is 548 g/mol. The lowest BCUT2D eigenvalue weighted by Gasteiger charge is -2.10. The van der Waals surface area contributed by atoms with Crippen molar-refractivity contribution in [2.75, 3.05) is 10.0 Å². The van der Waals surface area contributed by atoms with Crippen LogP contribution in [0.5, 0.6) is 0 Å². The van der Waals surface area contributed by atoms with E-state index in [1.807, 2.05) is 54.6 Å². The van der Waals surface area contributed by atoms with Crippen molar-refractivity contribution in [3.63, 3.8) is 0 Å². The van der Waals surface area contributed by atoms with Crippen LogP contribution in [0.3, 0.4) is 0 Å². The van der Waals surface area contributed by atoms with Gasteiger partial charge in [-0.05, 0) is 48.2 Å². The molecule has 3 aromatic carbocycles. The molecule has 1 heterocycles. The Morgan fingerprint density at radius 1 is 0.947 bits per heavy atom. The van der Waals surface area contributed by atoms with Crippen molar-refractivity contribution in [3.8, 4) is 11.3 Å². The molecule has 38 heavy (non-hydrogen) atoms. The molecule has 1 aromatic heterocycles. The maximum absolute atomic E-state index is 12.9. The molecule has 5 rings (SSSR count). The topological polar surface area (TPSA) is 110 Å². The largest absolute Gasteiger partial charge is 0.372 e. The Bertz CT molecular complexity index is 1540. The molecule has 1 aliphatic carbocycles. The fourth-order valence-electron chi connectivity index (χ4n) is 3.74. The number of anilines is 2. The van der Waals surface area contributed by atoms with Gasteiger partial charge in [-0.3, -0.25) is 9.52 Å². The Morgan fingerprint density at radius 2 is 1.66 bits per heavy atom. The number of halogens is 1. The van der Waals surface area contributed by atoms with Crippen LogP contribution in [0, 0.1) is 0 Å². The van der Waals surface area contributed by atoms with Crippen LogP contribution >= 0.6 is 11.6 Å². The highest BCUT2D eigenvalue weighted by Crippen LogP contribution is 2.31. The number of sulfonamides is 1. The molecule has 0 bridgehead atoms. The van der Waals surface area contributed by atoms with Gasteiger partial charge in [-0.15, -0.1) is 0 Å². The van der Waals surface area contributed by atoms with Crippen LogP contribution in [-0.4, -0.2) is 29.5 Å². The first kappa shape index (κ1) is 25.8. The second-order valence-corrected chi connectivity index (χ2v) is 11.3. The Labute approximate surface area is 226 Å². The molecule has 194 valence electrons. The van der Waals surface area contributed by atoms with Crippen LogP contribution in [0.15, 0.2) is 85.1 Å². The second kappa shape index (κ2) is 11.3.